The first-order chi connectivity index (χ1) is 9.72. The molecule has 6 nitrogen and oxygen atoms in total. The van der Waals surface area contributed by atoms with Crippen molar-refractivity contribution in [3.8, 4) is 0 Å². The lowest BCUT2D eigenvalue weighted by Crippen LogP contribution is -2.48. The van der Waals surface area contributed by atoms with Crippen LogP contribution in [0, 0.1) is 0 Å². The van der Waals surface area contributed by atoms with Crippen LogP contribution in [-0.2, 0) is 21.2 Å². The minimum atomic E-state index is -3.74. The van der Waals surface area contributed by atoms with Crippen molar-refractivity contribution in [3.63, 3.8) is 0 Å². The topological polar surface area (TPSA) is 86.7 Å². The fourth-order valence-electron chi connectivity index (χ4n) is 2.21. The molecule has 0 saturated heterocycles. The van der Waals surface area contributed by atoms with Gasteiger partial charge < -0.3 is 10.0 Å². The normalized spacial score (nSPS) is 17.7. The molecular weight excluding hydrogens is 292 g/mol. The third-order valence-corrected chi connectivity index (χ3v) is 5.58. The van der Waals surface area contributed by atoms with Crippen LogP contribution < -0.4 is 9.62 Å². The third kappa shape index (κ3) is 2.95. The van der Waals surface area contributed by atoms with Crippen LogP contribution in [0.4, 0.5) is 5.69 Å². The number of anilines is 1. The number of benzene rings is 1. The largest absolute Gasteiger partial charge is 0.394 e. The Bertz CT molecular complexity index is 666. The summed E-state index contributed by atoms with van der Waals surface area (Å²) in [5.41, 5.74) is 0.539. The average molecular weight is 312 g/mol. The molecule has 1 unspecified atom stereocenters. The first-order valence-corrected chi connectivity index (χ1v) is 8.25. The van der Waals surface area contributed by atoms with E-state index in [1.165, 1.54) is 17.0 Å². The minimum Gasteiger partial charge on any atom is -0.394 e. The molecule has 0 radical (unpaired) electrons. The molecule has 0 spiro atoms. The van der Waals surface area contributed by atoms with Crippen molar-refractivity contribution >= 4 is 21.6 Å². The predicted molar refractivity (Wildman–Crippen MR) is 79.7 cm³/mol. The van der Waals surface area contributed by atoms with Crippen LogP contribution in [0.25, 0.3) is 0 Å². The number of aliphatic hydroxyl groups is 1. The Balaban J connectivity index is 2.35. The lowest BCUT2D eigenvalue weighted by molar-refractivity contribution is -0.117. The number of hydrogen-bond donors (Lipinski definition) is 2. The Labute approximate surface area is 124 Å². The fraction of sp³-hybridized carbons (Fsp3) is 0.500. The molecule has 1 heterocycles. The molecule has 0 aliphatic carbocycles. The molecule has 116 valence electrons. The van der Waals surface area contributed by atoms with Gasteiger partial charge in [-0.05, 0) is 37.1 Å². The highest BCUT2D eigenvalue weighted by molar-refractivity contribution is 7.89. The summed E-state index contributed by atoms with van der Waals surface area (Å²) in [5, 5.41) is 9.34. The van der Waals surface area contributed by atoms with E-state index in [-0.39, 0.29) is 23.8 Å². The molecule has 1 aromatic carbocycles. The van der Waals surface area contributed by atoms with E-state index in [0.29, 0.717) is 12.0 Å². The van der Waals surface area contributed by atoms with E-state index >= 15 is 0 Å². The molecule has 0 fully saturated rings. The van der Waals surface area contributed by atoms with E-state index in [4.69, 9.17) is 0 Å². The minimum absolute atomic E-state index is 0.0544. The first kappa shape index (κ1) is 15.9. The molecule has 0 aromatic heterocycles. The van der Waals surface area contributed by atoms with Gasteiger partial charge in [0.25, 0.3) is 0 Å². The van der Waals surface area contributed by atoms with Crippen molar-refractivity contribution in [1.29, 1.82) is 0 Å². The van der Waals surface area contributed by atoms with Gasteiger partial charge in [0.15, 0.2) is 0 Å². The summed E-state index contributed by atoms with van der Waals surface area (Å²) in [6, 6.07) is 4.63. The molecule has 2 rings (SSSR count). The van der Waals surface area contributed by atoms with Crippen LogP contribution >= 0.6 is 0 Å². The zero-order valence-electron chi connectivity index (χ0n) is 12.4. The lowest BCUT2D eigenvalue weighted by atomic mass is 10.0. The van der Waals surface area contributed by atoms with Gasteiger partial charge in [0.05, 0.1) is 23.5 Å². The van der Waals surface area contributed by atoms with E-state index < -0.39 is 15.6 Å². The predicted octanol–water partition coefficient (Wildman–Crippen LogP) is 0.645. The number of carbonyl (C=O) groups excluding carboxylic acids is 1. The van der Waals surface area contributed by atoms with Gasteiger partial charge in [0.2, 0.25) is 15.9 Å². The number of nitrogens with zero attached hydrogens (tertiary/aromatic N) is 1. The molecule has 21 heavy (non-hydrogen) atoms. The fourth-order valence-corrected chi connectivity index (χ4v) is 3.73. The van der Waals surface area contributed by atoms with Crippen LogP contribution in [0.5, 0.6) is 0 Å². The number of fused-ring (bicyclic) bond motifs is 1. The van der Waals surface area contributed by atoms with Gasteiger partial charge in [0, 0.05) is 12.7 Å². The Hall–Kier alpha value is -1.44. The number of carbonyl (C=O) groups is 1. The van der Waals surface area contributed by atoms with Crippen LogP contribution in [0.3, 0.4) is 0 Å². The van der Waals surface area contributed by atoms with Crippen molar-refractivity contribution < 1.29 is 18.3 Å². The summed E-state index contributed by atoms with van der Waals surface area (Å²) in [6.45, 7) is 3.17. The van der Waals surface area contributed by atoms with E-state index in [9.17, 15) is 18.3 Å². The lowest BCUT2D eigenvalue weighted by Gasteiger charge is -2.26. The second kappa shape index (κ2) is 5.40. The van der Waals surface area contributed by atoms with Crippen molar-refractivity contribution in [2.24, 2.45) is 0 Å². The number of aliphatic hydroxyl groups excluding tert-OH is 1. The van der Waals surface area contributed by atoms with E-state index in [0.717, 1.165) is 5.69 Å². The number of nitrogens with one attached hydrogen (secondary N) is 1. The van der Waals surface area contributed by atoms with Crippen molar-refractivity contribution in [1.82, 2.24) is 4.72 Å². The van der Waals surface area contributed by atoms with Gasteiger partial charge in [-0.15, -0.1) is 0 Å². The summed E-state index contributed by atoms with van der Waals surface area (Å²) in [4.78, 5) is 13.3. The van der Waals surface area contributed by atoms with Crippen LogP contribution in [0.15, 0.2) is 23.1 Å². The number of rotatable bonds is 5. The van der Waals surface area contributed by atoms with Gasteiger partial charge in [0.1, 0.15) is 0 Å². The molecule has 7 heteroatoms. The Morgan fingerprint density at radius 3 is 2.67 bits per heavy atom. The summed E-state index contributed by atoms with van der Waals surface area (Å²) < 4.78 is 27.3. The third-order valence-electron chi connectivity index (χ3n) is 3.95. The zero-order valence-corrected chi connectivity index (χ0v) is 13.2. The van der Waals surface area contributed by atoms with Crippen molar-refractivity contribution in [2.45, 2.75) is 37.1 Å². The van der Waals surface area contributed by atoms with Crippen LogP contribution in [0.2, 0.25) is 0 Å². The van der Waals surface area contributed by atoms with E-state index in [1.54, 1.807) is 27.0 Å². The maximum atomic E-state index is 12.4. The van der Waals surface area contributed by atoms with Gasteiger partial charge in [-0.2, -0.15) is 0 Å². The second-order valence-corrected chi connectivity index (χ2v) is 7.28. The van der Waals surface area contributed by atoms with Crippen molar-refractivity contribution in [2.75, 3.05) is 18.6 Å². The van der Waals surface area contributed by atoms with Gasteiger partial charge in [-0.1, -0.05) is 6.92 Å². The molecule has 0 bridgehead atoms. The molecule has 2 N–H and O–H groups in total. The Morgan fingerprint density at radius 2 is 2.10 bits per heavy atom. The van der Waals surface area contributed by atoms with Crippen LogP contribution in [-0.4, -0.2) is 38.6 Å². The smallest absolute Gasteiger partial charge is 0.241 e. The summed E-state index contributed by atoms with van der Waals surface area (Å²) >= 11 is 0. The quantitative estimate of drug-likeness (QED) is 0.835. The monoisotopic (exact) mass is 312 g/mol. The van der Waals surface area contributed by atoms with E-state index in [1.807, 2.05) is 0 Å². The van der Waals surface area contributed by atoms with E-state index in [2.05, 4.69) is 4.72 Å². The number of amides is 1. The number of sulfonamides is 1. The average Bonchev–Trinajstić information content (AvgIpc) is 2.73. The van der Waals surface area contributed by atoms with Gasteiger partial charge in [-0.25, -0.2) is 13.1 Å². The molecule has 0 saturated carbocycles. The van der Waals surface area contributed by atoms with Crippen LogP contribution in [0.1, 0.15) is 25.8 Å². The standard InChI is InChI=1S/C14H20N2O4S/c1-4-14(2,9-17)15-21(19,20)11-5-6-12-10(7-11)8-13(18)16(12)3/h5-7,15,17H,4,8-9H2,1-3H3. The molecule has 1 aromatic rings. The van der Waals surface area contributed by atoms with Gasteiger partial charge >= 0.3 is 0 Å². The molecule has 1 amide bonds. The summed E-state index contributed by atoms with van der Waals surface area (Å²) in [5.74, 6) is -0.0544. The maximum absolute atomic E-state index is 12.4. The highest BCUT2D eigenvalue weighted by atomic mass is 32.2. The highest BCUT2D eigenvalue weighted by Crippen LogP contribution is 2.30. The zero-order chi connectivity index (χ0) is 15.8. The number of hydrogen-bond acceptors (Lipinski definition) is 4. The maximum Gasteiger partial charge on any atom is 0.241 e. The highest BCUT2D eigenvalue weighted by Gasteiger charge is 2.30. The van der Waals surface area contributed by atoms with Gasteiger partial charge in [-0.3, -0.25) is 4.79 Å². The molecule has 1 atom stereocenters. The SMILES string of the molecule is CCC(C)(CO)NS(=O)(=O)c1ccc2c(c1)CC(=O)N2C. The Kier molecular flexibility index (Phi) is 4.10. The molecule has 1 aliphatic heterocycles. The number of likely N-dealkylation sites (N-methyl/N-ethyl adjacent to an activating group) is 1. The summed E-state index contributed by atoms with van der Waals surface area (Å²) in [7, 11) is -2.07. The first-order valence-electron chi connectivity index (χ1n) is 6.77. The molecule has 1 aliphatic rings. The second-order valence-electron chi connectivity index (χ2n) is 5.60. The summed E-state index contributed by atoms with van der Waals surface area (Å²) in [6.07, 6.45) is 0.676. The Morgan fingerprint density at radius 1 is 1.43 bits per heavy atom. The molecular formula is C14H20N2O4S. The van der Waals surface area contributed by atoms with Crippen molar-refractivity contribution in [3.05, 3.63) is 23.8 Å².